The van der Waals surface area contributed by atoms with Gasteiger partial charge in [0, 0.05) is 24.8 Å². The van der Waals surface area contributed by atoms with Gasteiger partial charge in [0.1, 0.15) is 5.82 Å². The number of nitrogens with zero attached hydrogens (tertiary/aromatic N) is 2. The zero-order chi connectivity index (χ0) is 13.3. The van der Waals surface area contributed by atoms with Crippen molar-refractivity contribution in [1.29, 1.82) is 0 Å². The zero-order valence-corrected chi connectivity index (χ0v) is 10.2. The Kier molecular flexibility index (Phi) is 3.43. The average molecular weight is 260 g/mol. The summed E-state index contributed by atoms with van der Waals surface area (Å²) in [6, 6.07) is 1.72. The largest absolute Gasteiger partial charge is 0.451 e. The molecule has 1 aliphatic rings. The normalized spacial score (nSPS) is 16.8. The van der Waals surface area contributed by atoms with Crippen molar-refractivity contribution in [2.75, 3.05) is 18.4 Å². The number of hydrogen-bond donors (Lipinski definition) is 2. The Balaban J connectivity index is 2.29. The highest BCUT2D eigenvalue weighted by Gasteiger charge is 2.35. The van der Waals surface area contributed by atoms with Gasteiger partial charge in [-0.3, -0.25) is 0 Å². The Labute approximate surface area is 103 Å². The molecule has 0 saturated carbocycles. The minimum absolute atomic E-state index is 0.0748. The van der Waals surface area contributed by atoms with Crippen molar-refractivity contribution < 1.29 is 13.2 Å². The monoisotopic (exact) mass is 260 g/mol. The van der Waals surface area contributed by atoms with E-state index in [1.165, 1.54) is 0 Å². The molecule has 0 aliphatic carbocycles. The fourth-order valence-corrected chi connectivity index (χ4v) is 1.56. The van der Waals surface area contributed by atoms with Gasteiger partial charge in [0.25, 0.3) is 0 Å². The van der Waals surface area contributed by atoms with Gasteiger partial charge in [-0.2, -0.15) is 13.2 Å². The highest BCUT2D eigenvalue weighted by molar-refractivity contribution is 5.39. The minimum atomic E-state index is -4.51. The van der Waals surface area contributed by atoms with Crippen molar-refractivity contribution in [3.8, 4) is 0 Å². The lowest BCUT2D eigenvalue weighted by Gasteiger charge is -2.28. The van der Waals surface area contributed by atoms with Crippen LogP contribution in [0.4, 0.5) is 19.0 Å². The van der Waals surface area contributed by atoms with Crippen LogP contribution in [0.25, 0.3) is 0 Å². The van der Waals surface area contributed by atoms with Crippen LogP contribution < -0.4 is 10.6 Å². The summed E-state index contributed by atoms with van der Waals surface area (Å²) >= 11 is 0. The second-order valence-electron chi connectivity index (χ2n) is 4.65. The van der Waals surface area contributed by atoms with Crippen molar-refractivity contribution in [3.63, 3.8) is 0 Å². The Hall–Kier alpha value is -1.37. The lowest BCUT2D eigenvalue weighted by atomic mass is 10.1. The zero-order valence-electron chi connectivity index (χ0n) is 10.2. The summed E-state index contributed by atoms with van der Waals surface area (Å²) in [5, 5.41) is 6.01. The van der Waals surface area contributed by atoms with Gasteiger partial charge in [-0.1, -0.05) is 13.8 Å². The molecule has 1 aliphatic heterocycles. The maximum Gasteiger partial charge on any atom is 0.451 e. The van der Waals surface area contributed by atoms with Gasteiger partial charge in [-0.25, -0.2) is 9.97 Å². The van der Waals surface area contributed by atoms with Crippen molar-refractivity contribution in [3.05, 3.63) is 17.6 Å². The number of hydrogen-bond acceptors (Lipinski definition) is 4. The van der Waals surface area contributed by atoms with Crippen LogP contribution in [0.2, 0.25) is 0 Å². The topological polar surface area (TPSA) is 49.8 Å². The van der Waals surface area contributed by atoms with Crippen molar-refractivity contribution in [1.82, 2.24) is 15.3 Å². The first kappa shape index (κ1) is 13.1. The summed E-state index contributed by atoms with van der Waals surface area (Å²) in [6.45, 7) is 5.08. The van der Waals surface area contributed by atoms with Crippen LogP contribution in [0.1, 0.15) is 31.3 Å². The number of rotatable bonds is 3. The van der Waals surface area contributed by atoms with E-state index in [2.05, 4.69) is 20.6 Å². The van der Waals surface area contributed by atoms with E-state index in [9.17, 15) is 13.2 Å². The molecule has 2 heterocycles. The smallest absolute Gasteiger partial charge is 0.365 e. The molecular weight excluding hydrogens is 245 g/mol. The van der Waals surface area contributed by atoms with Crippen LogP contribution in [0, 0.1) is 0 Å². The third-order valence-electron chi connectivity index (χ3n) is 2.72. The maximum atomic E-state index is 12.7. The standard InChI is InChI=1S/C11H15F3N4/c1-6(2)8-3-9(16-7-4-15-5-7)18-10(17-8)11(12,13)14/h3,6-7,15H,4-5H2,1-2H3,(H,16,17,18). The predicted molar refractivity (Wildman–Crippen MR) is 61.4 cm³/mol. The molecule has 0 bridgehead atoms. The summed E-state index contributed by atoms with van der Waals surface area (Å²) in [5.74, 6) is -0.912. The summed E-state index contributed by atoms with van der Waals surface area (Å²) in [4.78, 5) is 7.10. The molecule has 0 radical (unpaired) electrons. The van der Waals surface area contributed by atoms with Gasteiger partial charge < -0.3 is 10.6 Å². The van der Waals surface area contributed by atoms with Crippen LogP contribution in [0.15, 0.2) is 6.07 Å². The van der Waals surface area contributed by atoms with Gasteiger partial charge in [-0.05, 0) is 5.92 Å². The van der Waals surface area contributed by atoms with Gasteiger partial charge in [0.2, 0.25) is 5.82 Å². The molecule has 2 rings (SSSR count). The number of aromatic nitrogens is 2. The molecule has 4 nitrogen and oxygen atoms in total. The lowest BCUT2D eigenvalue weighted by Crippen LogP contribution is -2.51. The molecular formula is C11H15F3N4. The average Bonchev–Trinajstić information content (AvgIpc) is 2.22. The van der Waals surface area contributed by atoms with E-state index in [1.807, 2.05) is 0 Å². The van der Waals surface area contributed by atoms with E-state index in [4.69, 9.17) is 0 Å². The van der Waals surface area contributed by atoms with Gasteiger partial charge >= 0.3 is 6.18 Å². The molecule has 2 N–H and O–H groups in total. The summed E-state index contributed by atoms with van der Waals surface area (Å²) in [5.41, 5.74) is 0.395. The number of alkyl halides is 3. The Morgan fingerprint density at radius 1 is 1.33 bits per heavy atom. The molecule has 1 aromatic rings. The molecule has 0 spiro atoms. The Morgan fingerprint density at radius 3 is 2.44 bits per heavy atom. The summed E-state index contributed by atoms with van der Waals surface area (Å²) in [7, 11) is 0. The molecule has 0 atom stereocenters. The van der Waals surface area contributed by atoms with Crippen molar-refractivity contribution in [2.45, 2.75) is 32.0 Å². The molecule has 0 aromatic carbocycles. The van der Waals surface area contributed by atoms with Gasteiger partial charge in [0.05, 0.1) is 6.04 Å². The van der Waals surface area contributed by atoms with E-state index in [1.54, 1.807) is 19.9 Å². The van der Waals surface area contributed by atoms with E-state index in [-0.39, 0.29) is 17.8 Å². The van der Waals surface area contributed by atoms with E-state index in [0.29, 0.717) is 5.69 Å². The summed E-state index contributed by atoms with van der Waals surface area (Å²) < 4.78 is 38.0. The second-order valence-corrected chi connectivity index (χ2v) is 4.65. The van der Waals surface area contributed by atoms with Gasteiger partial charge in [-0.15, -0.1) is 0 Å². The van der Waals surface area contributed by atoms with Crippen LogP contribution >= 0.6 is 0 Å². The molecule has 100 valence electrons. The molecule has 7 heteroatoms. The Morgan fingerprint density at radius 2 is 2.00 bits per heavy atom. The molecule has 1 saturated heterocycles. The van der Waals surface area contributed by atoms with Crippen LogP contribution in [0.3, 0.4) is 0 Å². The highest BCUT2D eigenvalue weighted by Crippen LogP contribution is 2.28. The van der Waals surface area contributed by atoms with E-state index in [0.717, 1.165) is 13.1 Å². The molecule has 1 fully saturated rings. The minimum Gasteiger partial charge on any atom is -0.365 e. The SMILES string of the molecule is CC(C)c1cc(NC2CNC2)nc(C(F)(F)F)n1. The summed E-state index contributed by atoms with van der Waals surface area (Å²) in [6.07, 6.45) is -4.51. The van der Waals surface area contributed by atoms with Crippen molar-refractivity contribution >= 4 is 5.82 Å². The maximum absolute atomic E-state index is 12.7. The second kappa shape index (κ2) is 4.72. The first-order valence-corrected chi connectivity index (χ1v) is 5.79. The quantitative estimate of drug-likeness (QED) is 0.872. The van der Waals surface area contributed by atoms with E-state index >= 15 is 0 Å². The lowest BCUT2D eigenvalue weighted by molar-refractivity contribution is -0.145. The first-order valence-electron chi connectivity index (χ1n) is 5.79. The number of halogens is 3. The third kappa shape index (κ3) is 2.90. The fourth-order valence-electron chi connectivity index (χ4n) is 1.56. The van der Waals surface area contributed by atoms with E-state index < -0.39 is 12.0 Å². The van der Waals surface area contributed by atoms with Crippen LogP contribution in [-0.4, -0.2) is 29.1 Å². The fraction of sp³-hybridized carbons (Fsp3) is 0.636. The molecule has 0 unspecified atom stereocenters. The highest BCUT2D eigenvalue weighted by atomic mass is 19.4. The first-order chi connectivity index (χ1) is 8.36. The predicted octanol–water partition coefficient (Wildman–Crippen LogP) is 2.00. The number of anilines is 1. The molecule has 18 heavy (non-hydrogen) atoms. The Bertz CT molecular complexity index is 427. The molecule has 0 amide bonds. The van der Waals surface area contributed by atoms with Crippen LogP contribution in [0.5, 0.6) is 0 Å². The number of nitrogens with one attached hydrogen (secondary N) is 2. The van der Waals surface area contributed by atoms with Crippen molar-refractivity contribution in [2.24, 2.45) is 0 Å². The van der Waals surface area contributed by atoms with Gasteiger partial charge in [0.15, 0.2) is 0 Å². The third-order valence-corrected chi connectivity index (χ3v) is 2.72. The molecule has 1 aromatic heterocycles. The van der Waals surface area contributed by atoms with Crippen LogP contribution in [-0.2, 0) is 6.18 Å².